The fourth-order valence-corrected chi connectivity index (χ4v) is 2.25. The second-order valence-electron chi connectivity index (χ2n) is 4.35. The van der Waals surface area contributed by atoms with E-state index >= 15 is 0 Å². The van der Waals surface area contributed by atoms with Gasteiger partial charge in [0.05, 0.1) is 0 Å². The second-order valence-corrected chi connectivity index (χ2v) is 4.35. The number of fused-ring (bicyclic) bond motifs is 1. The van der Waals surface area contributed by atoms with Crippen LogP contribution < -0.4 is 9.47 Å². The van der Waals surface area contributed by atoms with Gasteiger partial charge < -0.3 is 9.47 Å². The Morgan fingerprint density at radius 2 is 1.89 bits per heavy atom. The zero-order valence-corrected chi connectivity index (χ0v) is 10.3. The molecule has 0 N–H and O–H groups in total. The first-order valence-corrected chi connectivity index (χ1v) is 6.12. The van der Waals surface area contributed by atoms with Crippen LogP contribution in [0.4, 0.5) is 0 Å². The molecule has 0 atom stereocenters. The van der Waals surface area contributed by atoms with Crippen molar-refractivity contribution < 1.29 is 9.47 Å². The van der Waals surface area contributed by atoms with E-state index in [1.165, 1.54) is 16.7 Å². The van der Waals surface area contributed by atoms with Crippen LogP contribution in [0.3, 0.4) is 0 Å². The van der Waals surface area contributed by atoms with Gasteiger partial charge in [0.1, 0.15) is 0 Å². The Hall–Kier alpha value is -1.96. The molecule has 0 unspecified atom stereocenters. The number of hydrogen-bond acceptors (Lipinski definition) is 2. The van der Waals surface area contributed by atoms with Gasteiger partial charge in [-0.1, -0.05) is 37.3 Å². The van der Waals surface area contributed by atoms with Crippen molar-refractivity contribution in [3.05, 3.63) is 65.6 Å². The predicted octanol–water partition coefficient (Wildman–Crippen LogP) is 3.58. The molecular formula is C16H15O2. The molecule has 3 rings (SSSR count). The molecule has 0 saturated heterocycles. The van der Waals surface area contributed by atoms with E-state index in [1.54, 1.807) is 0 Å². The van der Waals surface area contributed by atoms with Gasteiger partial charge in [0.2, 0.25) is 6.79 Å². The van der Waals surface area contributed by atoms with Crippen LogP contribution in [0.2, 0.25) is 0 Å². The van der Waals surface area contributed by atoms with Crippen LogP contribution in [-0.4, -0.2) is 6.79 Å². The van der Waals surface area contributed by atoms with Gasteiger partial charge in [0, 0.05) is 0 Å². The summed E-state index contributed by atoms with van der Waals surface area (Å²) in [6.07, 6.45) is 3.06. The van der Waals surface area contributed by atoms with E-state index in [0.29, 0.717) is 6.79 Å². The van der Waals surface area contributed by atoms with Crippen molar-refractivity contribution in [3.8, 4) is 11.5 Å². The molecule has 0 spiro atoms. The van der Waals surface area contributed by atoms with E-state index in [2.05, 4.69) is 49.7 Å². The molecule has 2 nitrogen and oxygen atoms in total. The molecule has 0 saturated carbocycles. The maximum Gasteiger partial charge on any atom is 0.231 e. The monoisotopic (exact) mass is 239 g/mol. The molecule has 0 aromatic heterocycles. The molecule has 2 aromatic rings. The molecule has 1 radical (unpaired) electrons. The summed E-state index contributed by atoms with van der Waals surface area (Å²) in [7, 11) is 0. The summed E-state index contributed by atoms with van der Waals surface area (Å²) >= 11 is 0. The van der Waals surface area contributed by atoms with Gasteiger partial charge in [-0.15, -0.1) is 0 Å². The normalized spacial score (nSPS) is 12.7. The summed E-state index contributed by atoms with van der Waals surface area (Å²) in [5.74, 6) is 1.69. The molecule has 1 heterocycles. The van der Waals surface area contributed by atoms with E-state index in [0.717, 1.165) is 17.9 Å². The smallest absolute Gasteiger partial charge is 0.231 e. The Bertz CT molecular complexity index is 561. The van der Waals surface area contributed by atoms with Crippen molar-refractivity contribution >= 4 is 0 Å². The fourth-order valence-electron chi connectivity index (χ4n) is 2.25. The van der Waals surface area contributed by atoms with Crippen molar-refractivity contribution in [3.63, 3.8) is 0 Å². The summed E-state index contributed by atoms with van der Waals surface area (Å²) < 4.78 is 10.7. The molecule has 18 heavy (non-hydrogen) atoms. The predicted molar refractivity (Wildman–Crippen MR) is 70.9 cm³/mol. The van der Waals surface area contributed by atoms with Gasteiger partial charge in [0.25, 0.3) is 0 Å². The van der Waals surface area contributed by atoms with Crippen LogP contribution in [-0.2, 0) is 6.42 Å². The van der Waals surface area contributed by atoms with Crippen molar-refractivity contribution in [1.82, 2.24) is 0 Å². The maximum absolute atomic E-state index is 5.40. The van der Waals surface area contributed by atoms with Crippen LogP contribution in [0.1, 0.15) is 23.6 Å². The first-order chi connectivity index (χ1) is 8.86. The Kier molecular flexibility index (Phi) is 2.93. The summed E-state index contributed by atoms with van der Waals surface area (Å²) in [5, 5.41) is 0. The Morgan fingerprint density at radius 3 is 2.78 bits per heavy atom. The van der Waals surface area contributed by atoms with E-state index in [1.807, 2.05) is 6.07 Å². The first-order valence-electron chi connectivity index (χ1n) is 6.12. The number of hydrogen-bond donors (Lipinski definition) is 0. The maximum atomic E-state index is 5.40. The van der Waals surface area contributed by atoms with Crippen molar-refractivity contribution in [2.75, 3.05) is 6.79 Å². The van der Waals surface area contributed by atoms with Crippen LogP contribution in [0.25, 0.3) is 0 Å². The molecule has 1 aliphatic rings. The number of benzene rings is 2. The molecule has 0 aliphatic carbocycles. The van der Waals surface area contributed by atoms with Crippen LogP contribution >= 0.6 is 0 Å². The van der Waals surface area contributed by atoms with Gasteiger partial charge in [0.15, 0.2) is 11.5 Å². The van der Waals surface area contributed by atoms with Gasteiger partial charge >= 0.3 is 0 Å². The third kappa shape index (κ3) is 2.06. The highest BCUT2D eigenvalue weighted by Crippen LogP contribution is 2.33. The fraction of sp³-hybridized carbons (Fsp3) is 0.188. The average Bonchev–Trinajstić information content (AvgIpc) is 2.87. The number of ether oxygens (including phenoxy) is 2. The first kappa shape index (κ1) is 11.1. The SMILES string of the molecule is C[CH]c1ccccc1Cc1ccc2c(c1)OCO2. The van der Waals surface area contributed by atoms with E-state index in [9.17, 15) is 0 Å². The van der Waals surface area contributed by atoms with Gasteiger partial charge in [-0.25, -0.2) is 0 Å². The standard InChI is InChI=1S/C16H15O2/c1-2-13-5-3-4-6-14(13)9-12-7-8-15-16(10-12)18-11-17-15/h2-8,10H,9,11H2,1H3. The van der Waals surface area contributed by atoms with Crippen molar-refractivity contribution in [2.24, 2.45) is 0 Å². The molecule has 1 aliphatic heterocycles. The van der Waals surface area contributed by atoms with Crippen molar-refractivity contribution in [1.29, 1.82) is 0 Å². The minimum absolute atomic E-state index is 0.331. The lowest BCUT2D eigenvalue weighted by Gasteiger charge is -2.08. The molecule has 0 fully saturated rings. The quantitative estimate of drug-likeness (QED) is 0.815. The average molecular weight is 239 g/mol. The highest BCUT2D eigenvalue weighted by Gasteiger charge is 2.13. The van der Waals surface area contributed by atoms with Crippen molar-refractivity contribution in [2.45, 2.75) is 13.3 Å². The summed E-state index contributed by atoms with van der Waals surface area (Å²) in [5.41, 5.74) is 3.86. The summed E-state index contributed by atoms with van der Waals surface area (Å²) in [6, 6.07) is 14.6. The van der Waals surface area contributed by atoms with Crippen LogP contribution in [0, 0.1) is 6.42 Å². The number of rotatable bonds is 3. The molecular weight excluding hydrogens is 224 g/mol. The highest BCUT2D eigenvalue weighted by molar-refractivity contribution is 5.46. The lowest BCUT2D eigenvalue weighted by molar-refractivity contribution is 0.174. The molecule has 2 heteroatoms. The molecule has 0 amide bonds. The summed E-state index contributed by atoms with van der Waals surface area (Å²) in [4.78, 5) is 0. The highest BCUT2D eigenvalue weighted by atomic mass is 16.7. The van der Waals surface area contributed by atoms with E-state index < -0.39 is 0 Å². The van der Waals surface area contributed by atoms with Gasteiger partial charge in [-0.3, -0.25) is 0 Å². The third-order valence-electron chi connectivity index (χ3n) is 3.20. The van der Waals surface area contributed by atoms with Gasteiger partial charge in [-0.05, 0) is 41.7 Å². The zero-order valence-electron chi connectivity index (χ0n) is 10.3. The Labute approximate surface area is 107 Å². The topological polar surface area (TPSA) is 18.5 Å². The Balaban J connectivity index is 1.88. The molecule has 91 valence electrons. The lowest BCUT2D eigenvalue weighted by atomic mass is 9.98. The van der Waals surface area contributed by atoms with E-state index in [-0.39, 0.29) is 0 Å². The molecule has 0 bridgehead atoms. The second kappa shape index (κ2) is 4.73. The minimum Gasteiger partial charge on any atom is -0.454 e. The third-order valence-corrected chi connectivity index (χ3v) is 3.20. The van der Waals surface area contributed by atoms with Gasteiger partial charge in [-0.2, -0.15) is 0 Å². The molecule has 2 aromatic carbocycles. The summed E-state index contributed by atoms with van der Waals surface area (Å²) in [6.45, 7) is 2.40. The Morgan fingerprint density at radius 1 is 1.06 bits per heavy atom. The minimum atomic E-state index is 0.331. The zero-order chi connectivity index (χ0) is 12.4. The van der Waals surface area contributed by atoms with Crippen LogP contribution in [0.5, 0.6) is 11.5 Å². The van der Waals surface area contributed by atoms with Crippen LogP contribution in [0.15, 0.2) is 42.5 Å². The largest absolute Gasteiger partial charge is 0.454 e. The lowest BCUT2D eigenvalue weighted by Crippen LogP contribution is -1.94. The van der Waals surface area contributed by atoms with E-state index in [4.69, 9.17) is 9.47 Å².